The van der Waals surface area contributed by atoms with Gasteiger partial charge in [0, 0.05) is 44.2 Å². The van der Waals surface area contributed by atoms with Crippen molar-refractivity contribution in [3.05, 3.63) is 11.6 Å². The second-order valence-electron chi connectivity index (χ2n) is 18.7. The molecule has 0 radical (unpaired) electrons. The van der Waals surface area contributed by atoms with E-state index in [4.69, 9.17) is 4.74 Å². The summed E-state index contributed by atoms with van der Waals surface area (Å²) in [5, 5.41) is 11.7. The van der Waals surface area contributed by atoms with Gasteiger partial charge in [-0.2, -0.15) is 0 Å². The first-order valence-corrected chi connectivity index (χ1v) is 21.3. The summed E-state index contributed by atoms with van der Waals surface area (Å²) in [5.74, 6) is 1.72. The topological polar surface area (TPSA) is 73.3 Å². The number of carbonyl (C=O) groups excluding carboxylic acids is 1. The lowest BCUT2D eigenvalue weighted by Crippen LogP contribution is -2.65. The second-order valence-corrected chi connectivity index (χ2v) is 18.7. The van der Waals surface area contributed by atoms with Gasteiger partial charge in [0.05, 0.1) is 17.6 Å². The molecular weight excluding hydrogens is 622 g/mol. The Morgan fingerprint density at radius 1 is 1.04 bits per heavy atom. The molecule has 7 unspecified atom stereocenters. The maximum absolute atomic E-state index is 14.2. The fourth-order valence-electron chi connectivity index (χ4n) is 14.0. The largest absolute Gasteiger partial charge is 0.481 e. The highest BCUT2D eigenvalue weighted by Gasteiger charge is 2.86. The number of carbonyl (C=O) groups is 2. The average molecular weight is 694 g/mol. The molecule has 7 rings (SSSR count). The van der Waals surface area contributed by atoms with Crippen molar-refractivity contribution in [2.24, 2.45) is 57.7 Å². The van der Waals surface area contributed by atoms with Crippen LogP contribution in [-0.2, 0) is 14.3 Å². The maximum atomic E-state index is 14.2. The molecule has 282 valence electrons. The van der Waals surface area contributed by atoms with E-state index in [1.54, 1.807) is 0 Å². The van der Waals surface area contributed by atoms with Crippen molar-refractivity contribution in [2.75, 3.05) is 52.4 Å². The third kappa shape index (κ3) is 5.54. The van der Waals surface area contributed by atoms with E-state index in [2.05, 4.69) is 62.3 Å². The van der Waals surface area contributed by atoms with E-state index in [1.807, 2.05) is 0 Å². The third-order valence-electron chi connectivity index (χ3n) is 16.6. The highest BCUT2D eigenvalue weighted by molar-refractivity contribution is 5.90. The minimum atomic E-state index is -1.15. The molecule has 6 fully saturated rings. The molecule has 7 aliphatic rings. The molecule has 0 aromatic carbocycles. The number of nitrogens with zero attached hydrogens (tertiary/aromatic N) is 3. The van der Waals surface area contributed by atoms with Crippen LogP contribution in [0.5, 0.6) is 0 Å². The number of carboxylic acids is 1. The molecule has 1 N–H and O–H groups in total. The standard InChI is InChI=1S/C43H71N3O4/c1-7-31(6)46-21-19-45(20-22-46)18-12-17-44(8-2)27-38-34(32-13-10-9-11-14-32)24-39(50-38)42-26-35-30(5)15-16-36(35)41(28-47)25-33(42)23-37(29(3)4)43(41,42)40(48)49/h23,28-36,38-39H,7-22,24-27H2,1-6H3,(H,48,49)/t30-,31?,33?,34?,35-,36-,38?,39?,41?,42?,43+/m1/s1. The van der Waals surface area contributed by atoms with Crippen LogP contribution in [0.2, 0.25) is 0 Å². The molecule has 0 spiro atoms. The summed E-state index contributed by atoms with van der Waals surface area (Å²) < 4.78 is 7.55. The summed E-state index contributed by atoms with van der Waals surface area (Å²) in [5.41, 5.74) is -1.45. The summed E-state index contributed by atoms with van der Waals surface area (Å²) in [6, 6.07) is 0.684. The highest BCUT2D eigenvalue weighted by atomic mass is 16.5. The van der Waals surface area contributed by atoms with Crippen molar-refractivity contribution in [1.82, 2.24) is 14.7 Å². The van der Waals surface area contributed by atoms with Gasteiger partial charge in [-0.15, -0.1) is 0 Å². The zero-order chi connectivity index (χ0) is 35.4. The van der Waals surface area contributed by atoms with Crippen LogP contribution in [0.4, 0.5) is 0 Å². The first-order chi connectivity index (χ1) is 24.1. The predicted molar refractivity (Wildman–Crippen MR) is 200 cm³/mol. The van der Waals surface area contributed by atoms with Crippen molar-refractivity contribution >= 4 is 12.3 Å². The van der Waals surface area contributed by atoms with E-state index >= 15 is 0 Å². The van der Waals surface area contributed by atoms with Gasteiger partial charge in [0.15, 0.2) is 0 Å². The zero-order valence-electron chi connectivity index (χ0n) is 32.6. The lowest BCUT2D eigenvalue weighted by Gasteiger charge is -2.60. The zero-order valence-corrected chi connectivity index (χ0v) is 32.6. The lowest BCUT2D eigenvalue weighted by atomic mass is 9.41. The number of likely N-dealkylation sites (N-methyl/N-ethyl adjacent to an activating group) is 1. The quantitative estimate of drug-likeness (QED) is 0.150. The molecule has 11 atom stereocenters. The average Bonchev–Trinajstić information content (AvgIpc) is 3.85. The first kappa shape index (κ1) is 37.1. The number of ether oxygens (including phenoxy) is 1. The van der Waals surface area contributed by atoms with Crippen LogP contribution in [0, 0.1) is 57.7 Å². The fraction of sp³-hybridized carbons (Fsp3) is 0.907. The molecule has 0 amide bonds. The van der Waals surface area contributed by atoms with Crippen molar-refractivity contribution in [3.8, 4) is 0 Å². The molecule has 2 saturated heterocycles. The number of allylic oxidation sites excluding steroid dienone is 1. The number of rotatable bonds is 14. The van der Waals surface area contributed by atoms with Gasteiger partial charge in [0.25, 0.3) is 0 Å². The van der Waals surface area contributed by atoms with Gasteiger partial charge in [-0.3, -0.25) is 9.69 Å². The molecule has 0 aromatic heterocycles. The highest BCUT2D eigenvalue weighted by Crippen LogP contribution is 2.84. The summed E-state index contributed by atoms with van der Waals surface area (Å²) in [7, 11) is 0. The molecule has 50 heavy (non-hydrogen) atoms. The van der Waals surface area contributed by atoms with Gasteiger partial charge < -0.3 is 24.4 Å². The monoisotopic (exact) mass is 694 g/mol. The second kappa shape index (κ2) is 14.5. The van der Waals surface area contributed by atoms with E-state index in [1.165, 1.54) is 77.4 Å². The Hall–Kier alpha value is -1.28. The minimum Gasteiger partial charge on any atom is -0.481 e. The number of aldehydes is 1. The van der Waals surface area contributed by atoms with Crippen molar-refractivity contribution in [1.29, 1.82) is 0 Å². The normalized spacial score (nSPS) is 42.7. The van der Waals surface area contributed by atoms with Gasteiger partial charge >= 0.3 is 5.97 Å². The lowest BCUT2D eigenvalue weighted by molar-refractivity contribution is -0.197. The van der Waals surface area contributed by atoms with Crippen molar-refractivity contribution in [3.63, 3.8) is 0 Å². The van der Waals surface area contributed by atoms with Crippen LogP contribution in [0.1, 0.15) is 119 Å². The van der Waals surface area contributed by atoms with Crippen LogP contribution >= 0.6 is 0 Å². The van der Waals surface area contributed by atoms with Gasteiger partial charge in [-0.1, -0.05) is 84.8 Å². The Labute approximate surface area is 304 Å². The smallest absolute Gasteiger partial charge is 0.315 e. The van der Waals surface area contributed by atoms with Crippen LogP contribution in [0.25, 0.3) is 0 Å². The van der Waals surface area contributed by atoms with Crippen LogP contribution in [0.3, 0.4) is 0 Å². The van der Waals surface area contributed by atoms with Gasteiger partial charge in [-0.05, 0) is 107 Å². The number of hydrogen-bond donors (Lipinski definition) is 1. The van der Waals surface area contributed by atoms with E-state index in [-0.39, 0.29) is 30.0 Å². The number of aliphatic carboxylic acids is 1. The molecular formula is C43H71N3O4. The Bertz CT molecular complexity index is 1260. The molecule has 4 bridgehead atoms. The predicted octanol–water partition coefficient (Wildman–Crippen LogP) is 7.39. The molecule has 5 aliphatic carbocycles. The maximum Gasteiger partial charge on any atom is 0.315 e. The number of hydrogen-bond acceptors (Lipinski definition) is 6. The van der Waals surface area contributed by atoms with Crippen LogP contribution in [-0.4, -0.2) is 103 Å². The Morgan fingerprint density at radius 2 is 1.78 bits per heavy atom. The van der Waals surface area contributed by atoms with Crippen molar-refractivity contribution in [2.45, 2.75) is 137 Å². The Balaban J connectivity index is 1.14. The number of piperazine rings is 1. The van der Waals surface area contributed by atoms with Crippen LogP contribution < -0.4 is 0 Å². The van der Waals surface area contributed by atoms with Crippen molar-refractivity contribution < 1.29 is 19.4 Å². The molecule has 7 heteroatoms. The van der Waals surface area contributed by atoms with E-state index < -0.39 is 22.2 Å². The third-order valence-corrected chi connectivity index (χ3v) is 16.6. The molecule has 7 nitrogen and oxygen atoms in total. The van der Waals surface area contributed by atoms with E-state index in [9.17, 15) is 14.7 Å². The molecule has 2 heterocycles. The number of fused-ring (bicyclic) bond motifs is 2. The van der Waals surface area contributed by atoms with Crippen LogP contribution in [0.15, 0.2) is 11.6 Å². The van der Waals surface area contributed by atoms with E-state index in [0.717, 1.165) is 57.4 Å². The molecule has 2 aliphatic heterocycles. The van der Waals surface area contributed by atoms with Gasteiger partial charge in [0.1, 0.15) is 11.7 Å². The summed E-state index contributed by atoms with van der Waals surface area (Å²) in [6.45, 7) is 22.6. The SMILES string of the molecule is CCC(C)N1CCN(CCCN(CC)CC2OC(C34C[C@@H]5[C@H](C)CC[C@H]5C5(C=O)CC3C=C(C(C)C)[C@@]45C(=O)O)CC2C2CCCCC2)CC1. The Morgan fingerprint density at radius 3 is 2.42 bits per heavy atom. The fourth-order valence-corrected chi connectivity index (χ4v) is 14.0. The first-order valence-electron chi connectivity index (χ1n) is 21.3. The number of carboxylic acid groups (broad SMARTS) is 1. The van der Waals surface area contributed by atoms with E-state index in [0.29, 0.717) is 36.1 Å². The molecule has 4 saturated carbocycles. The molecule has 0 aromatic rings. The Kier molecular flexibility index (Phi) is 10.8. The summed E-state index contributed by atoms with van der Waals surface area (Å²) >= 11 is 0. The van der Waals surface area contributed by atoms with Gasteiger partial charge in [0.2, 0.25) is 0 Å². The minimum absolute atomic E-state index is 0.102. The summed E-state index contributed by atoms with van der Waals surface area (Å²) in [4.78, 5) is 35.9. The summed E-state index contributed by atoms with van der Waals surface area (Å²) in [6.07, 6.45) is 17.2. The van der Waals surface area contributed by atoms with Gasteiger partial charge in [-0.25, -0.2) is 0 Å².